The molecule has 1 saturated heterocycles. The zero-order chi connectivity index (χ0) is 21.6. The molecule has 1 saturated carbocycles. The number of aromatic amines is 1. The lowest BCUT2D eigenvalue weighted by molar-refractivity contribution is -0.123. The molecule has 1 aliphatic heterocycles. The van der Waals surface area contributed by atoms with Gasteiger partial charge in [0.25, 0.3) is 0 Å². The average Bonchev–Trinajstić information content (AvgIpc) is 3.02. The van der Waals surface area contributed by atoms with Crippen LogP contribution in [0.5, 0.6) is 0 Å². The van der Waals surface area contributed by atoms with E-state index in [-0.39, 0.29) is 17.8 Å². The fraction of sp³-hybridized carbons (Fsp3) is 0.526. The van der Waals surface area contributed by atoms with Gasteiger partial charge in [0, 0.05) is 24.9 Å². The van der Waals surface area contributed by atoms with E-state index in [0.717, 1.165) is 11.9 Å². The van der Waals surface area contributed by atoms with Gasteiger partial charge in [-0.25, -0.2) is 27.1 Å². The normalized spacial score (nSPS) is 27.6. The summed E-state index contributed by atoms with van der Waals surface area (Å²) in [5, 5.41) is -0.224. The number of nitrogens with zero attached hydrogens (tertiary/aromatic N) is 3. The topological polar surface area (TPSA) is 122 Å². The second kappa shape index (κ2) is 7.90. The highest BCUT2D eigenvalue weighted by atomic mass is 35.5. The first-order valence-corrected chi connectivity index (χ1v) is 11.7. The van der Waals surface area contributed by atoms with Crippen LogP contribution in [-0.4, -0.2) is 51.9 Å². The van der Waals surface area contributed by atoms with Gasteiger partial charge < -0.3 is 10.7 Å². The minimum Gasteiger partial charge on any atom is -0.369 e. The molecular formula is C19H23ClFN5O3S. The Balaban J connectivity index is 1.46. The zero-order valence-electron chi connectivity index (χ0n) is 16.4. The van der Waals surface area contributed by atoms with Crippen LogP contribution in [0.2, 0.25) is 5.15 Å². The molecule has 2 fully saturated rings. The van der Waals surface area contributed by atoms with Crippen molar-refractivity contribution in [1.82, 2.24) is 19.3 Å². The van der Waals surface area contributed by atoms with Crippen molar-refractivity contribution in [1.29, 1.82) is 0 Å². The molecule has 0 aromatic carbocycles. The smallest absolute Gasteiger partial charge is 0.220 e. The van der Waals surface area contributed by atoms with E-state index in [1.54, 1.807) is 0 Å². The molecule has 4 rings (SSSR count). The number of nitrogens with one attached hydrogen (secondary N) is 1. The standard InChI is InChI=1S/C19H23ClFN5O3S/c1-10-9-26(30(28,29)13-6-11(7-13)18(22)27)5-4-14(10)16-17(20)25-19(24-16)15-3-2-12(21)8-23-15/h2-3,8,10-11,13-14H,4-7,9H2,1H3,(H2,22,27)(H,24,25)/t10-,11?,13?,14+/m0/s1. The van der Waals surface area contributed by atoms with Crippen molar-refractivity contribution in [2.75, 3.05) is 13.1 Å². The molecule has 1 amide bonds. The molecule has 2 aliphatic rings. The van der Waals surface area contributed by atoms with E-state index in [4.69, 9.17) is 17.3 Å². The molecular weight excluding hydrogens is 433 g/mol. The van der Waals surface area contributed by atoms with Crippen molar-refractivity contribution in [3.63, 3.8) is 0 Å². The van der Waals surface area contributed by atoms with Crippen LogP contribution in [0.15, 0.2) is 18.3 Å². The summed E-state index contributed by atoms with van der Waals surface area (Å²) in [4.78, 5) is 22.7. The fourth-order valence-corrected chi connectivity index (χ4v) is 6.72. The number of hydrogen-bond donors (Lipinski definition) is 2. The summed E-state index contributed by atoms with van der Waals surface area (Å²) in [5.41, 5.74) is 6.47. The van der Waals surface area contributed by atoms with E-state index in [1.807, 2.05) is 6.92 Å². The first kappa shape index (κ1) is 21.2. The van der Waals surface area contributed by atoms with Crippen LogP contribution in [-0.2, 0) is 14.8 Å². The maximum Gasteiger partial charge on any atom is 0.220 e. The van der Waals surface area contributed by atoms with Crippen molar-refractivity contribution >= 4 is 27.5 Å². The van der Waals surface area contributed by atoms with Crippen LogP contribution in [0.4, 0.5) is 4.39 Å². The van der Waals surface area contributed by atoms with E-state index in [9.17, 15) is 17.6 Å². The number of carbonyl (C=O) groups is 1. The molecule has 3 heterocycles. The van der Waals surface area contributed by atoms with Crippen LogP contribution < -0.4 is 5.73 Å². The summed E-state index contributed by atoms with van der Waals surface area (Å²) < 4.78 is 40.4. The van der Waals surface area contributed by atoms with Crippen molar-refractivity contribution < 1.29 is 17.6 Å². The summed E-state index contributed by atoms with van der Waals surface area (Å²) in [6.07, 6.45) is 2.30. The molecule has 1 aliphatic carbocycles. The maximum atomic E-state index is 13.1. The number of hydrogen-bond acceptors (Lipinski definition) is 5. The maximum absolute atomic E-state index is 13.1. The van der Waals surface area contributed by atoms with Gasteiger partial charge in [-0.3, -0.25) is 4.79 Å². The largest absolute Gasteiger partial charge is 0.369 e. The number of aromatic nitrogens is 3. The minimum absolute atomic E-state index is 0.00501. The third-order valence-electron chi connectivity index (χ3n) is 6.17. The van der Waals surface area contributed by atoms with Crippen molar-refractivity contribution in [3.8, 4) is 11.5 Å². The summed E-state index contributed by atoms with van der Waals surface area (Å²) in [7, 11) is -3.46. The first-order chi connectivity index (χ1) is 14.2. The quantitative estimate of drug-likeness (QED) is 0.716. The molecule has 0 unspecified atom stereocenters. The van der Waals surface area contributed by atoms with Gasteiger partial charge in [0.2, 0.25) is 15.9 Å². The summed E-state index contributed by atoms with van der Waals surface area (Å²) >= 11 is 6.36. The highest BCUT2D eigenvalue weighted by molar-refractivity contribution is 7.89. The third kappa shape index (κ3) is 3.83. The van der Waals surface area contributed by atoms with Gasteiger partial charge in [0.05, 0.1) is 17.1 Å². The number of H-pyrrole nitrogens is 1. The van der Waals surface area contributed by atoms with Gasteiger partial charge in [-0.15, -0.1) is 0 Å². The lowest BCUT2D eigenvalue weighted by Crippen LogP contribution is -2.51. The molecule has 2 aromatic rings. The lowest BCUT2D eigenvalue weighted by atomic mass is 9.84. The van der Waals surface area contributed by atoms with Gasteiger partial charge in [0.15, 0.2) is 11.0 Å². The van der Waals surface area contributed by atoms with Crippen LogP contribution in [0, 0.1) is 17.7 Å². The summed E-state index contributed by atoms with van der Waals surface area (Å²) in [6.45, 7) is 2.71. The zero-order valence-corrected chi connectivity index (χ0v) is 18.0. The first-order valence-electron chi connectivity index (χ1n) is 9.82. The molecule has 2 atom stereocenters. The number of rotatable bonds is 5. The van der Waals surface area contributed by atoms with Crippen molar-refractivity contribution in [3.05, 3.63) is 35.0 Å². The number of halogens is 2. The Hall–Kier alpha value is -2.04. The van der Waals surface area contributed by atoms with E-state index >= 15 is 0 Å². The number of imidazole rings is 1. The summed E-state index contributed by atoms with van der Waals surface area (Å²) in [6, 6.07) is 2.82. The number of amides is 1. The molecule has 162 valence electrons. The van der Waals surface area contributed by atoms with Crippen LogP contribution in [0.1, 0.15) is 37.8 Å². The van der Waals surface area contributed by atoms with Gasteiger partial charge in [0.1, 0.15) is 11.5 Å². The number of pyridine rings is 1. The molecule has 3 N–H and O–H groups in total. The minimum atomic E-state index is -3.46. The van der Waals surface area contributed by atoms with E-state index in [0.29, 0.717) is 49.0 Å². The van der Waals surface area contributed by atoms with Crippen LogP contribution >= 0.6 is 11.6 Å². The lowest BCUT2D eigenvalue weighted by Gasteiger charge is -2.41. The monoisotopic (exact) mass is 455 g/mol. The Morgan fingerprint density at radius 1 is 1.37 bits per heavy atom. The summed E-state index contributed by atoms with van der Waals surface area (Å²) in [5.74, 6) is -0.759. The molecule has 11 heteroatoms. The second-order valence-corrected chi connectivity index (χ2v) is 10.7. The highest BCUT2D eigenvalue weighted by Gasteiger charge is 2.46. The Bertz CT molecular complexity index is 1050. The Labute approximate surface area is 179 Å². The SMILES string of the molecule is C[C@H]1CN(S(=O)(=O)C2CC(C(N)=O)C2)CC[C@H]1c1[nH]c(-c2ccc(F)cn2)nc1Cl. The fourth-order valence-electron chi connectivity index (χ4n) is 4.27. The molecule has 8 nitrogen and oxygen atoms in total. The number of sulfonamides is 1. The van der Waals surface area contributed by atoms with E-state index in [2.05, 4.69) is 15.0 Å². The second-order valence-electron chi connectivity index (χ2n) is 8.12. The van der Waals surface area contributed by atoms with E-state index < -0.39 is 27.0 Å². The highest BCUT2D eigenvalue weighted by Crippen LogP contribution is 2.40. The van der Waals surface area contributed by atoms with Gasteiger partial charge in [-0.1, -0.05) is 18.5 Å². The molecule has 0 spiro atoms. The van der Waals surface area contributed by atoms with Gasteiger partial charge in [-0.2, -0.15) is 0 Å². The Kier molecular flexibility index (Phi) is 5.58. The predicted molar refractivity (Wildman–Crippen MR) is 110 cm³/mol. The number of carbonyl (C=O) groups excluding carboxylic acids is 1. The Morgan fingerprint density at radius 3 is 2.70 bits per heavy atom. The van der Waals surface area contributed by atoms with Crippen molar-refractivity contribution in [2.45, 2.75) is 37.4 Å². The predicted octanol–water partition coefficient (Wildman–Crippen LogP) is 2.28. The number of primary amides is 1. The number of nitrogens with two attached hydrogens (primary N) is 1. The molecule has 0 bridgehead atoms. The molecule has 0 radical (unpaired) electrons. The average molecular weight is 456 g/mol. The molecule has 30 heavy (non-hydrogen) atoms. The van der Waals surface area contributed by atoms with Gasteiger partial charge >= 0.3 is 0 Å². The Morgan fingerprint density at radius 2 is 2.10 bits per heavy atom. The van der Waals surface area contributed by atoms with Crippen LogP contribution in [0.25, 0.3) is 11.5 Å². The van der Waals surface area contributed by atoms with E-state index in [1.165, 1.54) is 16.4 Å². The van der Waals surface area contributed by atoms with Crippen LogP contribution in [0.3, 0.4) is 0 Å². The van der Waals surface area contributed by atoms with Gasteiger partial charge in [-0.05, 0) is 37.3 Å². The molecule has 2 aromatic heterocycles. The number of piperidine rings is 1. The van der Waals surface area contributed by atoms with Crippen molar-refractivity contribution in [2.24, 2.45) is 17.6 Å². The third-order valence-corrected chi connectivity index (χ3v) is 8.74.